The Morgan fingerprint density at radius 2 is 1.62 bits per heavy atom. The molecule has 0 fully saturated rings. The Hall–Kier alpha value is -4.53. The molecule has 0 saturated heterocycles. The average molecular weight is 530 g/mol. The van der Waals surface area contributed by atoms with Crippen molar-refractivity contribution in [1.82, 2.24) is 9.55 Å². The Kier molecular flexibility index (Phi) is 7.40. The van der Waals surface area contributed by atoms with Gasteiger partial charge in [0, 0.05) is 12.1 Å². The molecule has 0 unspecified atom stereocenters. The second kappa shape index (κ2) is 11.1. The van der Waals surface area contributed by atoms with E-state index in [0.717, 1.165) is 11.1 Å². The molecule has 9 heteroatoms. The number of esters is 1. The topological polar surface area (TPSA) is 92.1 Å². The number of nitrogens with zero attached hydrogens (tertiary/aromatic N) is 3. The first kappa shape index (κ1) is 26.1. The van der Waals surface area contributed by atoms with Crippen molar-refractivity contribution in [1.29, 1.82) is 0 Å². The number of anilines is 1. The second-order valence-corrected chi connectivity index (χ2v) is 9.09. The van der Waals surface area contributed by atoms with Gasteiger partial charge in [0.1, 0.15) is 0 Å². The minimum absolute atomic E-state index is 0.139. The van der Waals surface area contributed by atoms with Gasteiger partial charge in [-0.1, -0.05) is 42.5 Å². The van der Waals surface area contributed by atoms with Crippen LogP contribution >= 0.6 is 0 Å². The molecule has 202 valence electrons. The summed E-state index contributed by atoms with van der Waals surface area (Å²) in [4.78, 5) is 34.3. The third kappa shape index (κ3) is 4.54. The molecule has 0 radical (unpaired) electrons. The molecule has 0 spiro atoms. The van der Waals surface area contributed by atoms with Crippen molar-refractivity contribution >= 4 is 28.9 Å². The highest BCUT2D eigenvalue weighted by atomic mass is 16.5. The van der Waals surface area contributed by atoms with Gasteiger partial charge in [-0.25, -0.2) is 4.98 Å². The fourth-order valence-electron chi connectivity index (χ4n) is 5.28. The third-order valence-corrected chi connectivity index (χ3v) is 7.01. The van der Waals surface area contributed by atoms with Gasteiger partial charge in [-0.05, 0) is 43.2 Å². The number of aromatic nitrogens is 2. The molecule has 2 heterocycles. The summed E-state index contributed by atoms with van der Waals surface area (Å²) in [5.41, 5.74) is 3.14. The van der Waals surface area contributed by atoms with E-state index in [2.05, 4.69) is 0 Å². The van der Waals surface area contributed by atoms with Crippen LogP contribution in [0.2, 0.25) is 0 Å². The summed E-state index contributed by atoms with van der Waals surface area (Å²) in [6.07, 6.45) is 0.593. The molecule has 1 aliphatic heterocycles. The molecule has 5 rings (SSSR count). The van der Waals surface area contributed by atoms with E-state index in [-0.39, 0.29) is 12.5 Å². The molecule has 3 aromatic carbocycles. The van der Waals surface area contributed by atoms with Crippen LogP contribution in [0.15, 0.2) is 66.7 Å². The van der Waals surface area contributed by atoms with Crippen molar-refractivity contribution in [2.24, 2.45) is 5.92 Å². The Labute approximate surface area is 226 Å². The number of rotatable bonds is 9. The minimum Gasteiger partial charge on any atom is -0.493 e. The van der Waals surface area contributed by atoms with E-state index in [1.807, 2.05) is 59.2 Å². The summed E-state index contributed by atoms with van der Waals surface area (Å²) in [5, 5.41) is 0. The number of ether oxygens (including phenoxy) is 4. The van der Waals surface area contributed by atoms with E-state index in [9.17, 15) is 9.59 Å². The van der Waals surface area contributed by atoms with Gasteiger partial charge in [-0.3, -0.25) is 14.5 Å². The number of amides is 1. The lowest BCUT2D eigenvalue weighted by atomic mass is 9.88. The summed E-state index contributed by atoms with van der Waals surface area (Å²) in [6.45, 7) is 2.21. The standard InChI is InChI=1S/C30H31N3O6/c1-5-39-29(35)24-25(20-15-16-23(36-2)27(38-4)26(20)37-3)33-22-14-10-9-13-21(22)31-30(33)32(28(24)34)18-17-19-11-7-6-8-12-19/h6-16,24-25H,5,17-18H2,1-4H3/t24-,25+/m1/s1. The van der Waals surface area contributed by atoms with Crippen molar-refractivity contribution in [2.75, 3.05) is 39.4 Å². The summed E-state index contributed by atoms with van der Waals surface area (Å²) < 4.78 is 24.3. The van der Waals surface area contributed by atoms with Gasteiger partial charge in [0.15, 0.2) is 17.4 Å². The van der Waals surface area contributed by atoms with Gasteiger partial charge >= 0.3 is 5.97 Å². The number of carbonyl (C=O) groups is 2. The second-order valence-electron chi connectivity index (χ2n) is 9.09. The Morgan fingerprint density at radius 1 is 0.897 bits per heavy atom. The van der Waals surface area contributed by atoms with Crippen LogP contribution < -0.4 is 19.1 Å². The lowest BCUT2D eigenvalue weighted by Gasteiger charge is -2.38. The lowest BCUT2D eigenvalue weighted by Crippen LogP contribution is -2.50. The molecular weight excluding hydrogens is 498 g/mol. The predicted octanol–water partition coefficient (Wildman–Crippen LogP) is 4.42. The zero-order valence-electron chi connectivity index (χ0n) is 22.4. The van der Waals surface area contributed by atoms with E-state index >= 15 is 0 Å². The number of imidazole rings is 1. The molecule has 0 N–H and O–H groups in total. The van der Waals surface area contributed by atoms with Crippen LogP contribution in [-0.4, -0.2) is 55.9 Å². The van der Waals surface area contributed by atoms with Crippen LogP contribution in [0.1, 0.15) is 24.1 Å². The average Bonchev–Trinajstić information content (AvgIpc) is 3.35. The number of para-hydroxylation sites is 2. The van der Waals surface area contributed by atoms with Crippen LogP contribution in [0.4, 0.5) is 5.95 Å². The van der Waals surface area contributed by atoms with Crippen LogP contribution in [0, 0.1) is 5.92 Å². The summed E-state index contributed by atoms with van der Waals surface area (Å²) >= 11 is 0. The molecule has 1 aliphatic rings. The maximum Gasteiger partial charge on any atom is 0.321 e. The first-order valence-corrected chi connectivity index (χ1v) is 12.8. The van der Waals surface area contributed by atoms with Gasteiger partial charge in [0.05, 0.1) is 45.0 Å². The molecule has 0 saturated carbocycles. The van der Waals surface area contributed by atoms with Crippen LogP contribution in [0.5, 0.6) is 17.2 Å². The van der Waals surface area contributed by atoms with Gasteiger partial charge in [0.25, 0.3) is 0 Å². The molecule has 1 amide bonds. The molecule has 4 aromatic rings. The molecule has 1 aromatic heterocycles. The van der Waals surface area contributed by atoms with Crippen molar-refractivity contribution < 1.29 is 28.5 Å². The van der Waals surface area contributed by atoms with E-state index in [1.165, 1.54) is 21.3 Å². The fraction of sp³-hybridized carbons (Fsp3) is 0.300. The SMILES string of the molecule is CCOC(=O)[C@H]1C(=O)N(CCc2ccccc2)c2nc3ccccc3n2[C@H]1c1ccc(OC)c(OC)c1OC. The Balaban J connectivity index is 1.75. The quantitative estimate of drug-likeness (QED) is 0.234. The van der Waals surface area contributed by atoms with Crippen molar-refractivity contribution in [3.05, 3.63) is 77.9 Å². The number of fused-ring (bicyclic) bond motifs is 3. The smallest absolute Gasteiger partial charge is 0.321 e. The Morgan fingerprint density at radius 3 is 2.31 bits per heavy atom. The van der Waals surface area contributed by atoms with Crippen LogP contribution in [0.3, 0.4) is 0 Å². The predicted molar refractivity (Wildman–Crippen MR) is 147 cm³/mol. The van der Waals surface area contributed by atoms with Gasteiger partial charge in [-0.15, -0.1) is 0 Å². The number of carbonyl (C=O) groups excluding carboxylic acids is 2. The van der Waals surface area contributed by atoms with Gasteiger partial charge in [0.2, 0.25) is 17.6 Å². The zero-order valence-corrected chi connectivity index (χ0v) is 22.4. The van der Waals surface area contributed by atoms with Crippen LogP contribution in [-0.2, 0) is 20.7 Å². The summed E-state index contributed by atoms with van der Waals surface area (Å²) in [6, 6.07) is 20.3. The van der Waals surface area contributed by atoms with E-state index < -0.39 is 17.9 Å². The highest BCUT2D eigenvalue weighted by Gasteiger charge is 2.49. The number of hydrogen-bond donors (Lipinski definition) is 0. The van der Waals surface area contributed by atoms with Crippen molar-refractivity contribution in [3.8, 4) is 17.2 Å². The van der Waals surface area contributed by atoms with E-state index in [0.29, 0.717) is 47.2 Å². The molecular formula is C30H31N3O6. The number of benzene rings is 3. The molecule has 0 aliphatic carbocycles. The maximum atomic E-state index is 14.2. The van der Waals surface area contributed by atoms with E-state index in [1.54, 1.807) is 24.0 Å². The summed E-state index contributed by atoms with van der Waals surface area (Å²) in [7, 11) is 4.57. The van der Waals surface area contributed by atoms with Crippen molar-refractivity contribution in [2.45, 2.75) is 19.4 Å². The largest absolute Gasteiger partial charge is 0.493 e. The molecule has 9 nitrogen and oxygen atoms in total. The van der Waals surface area contributed by atoms with Gasteiger partial charge in [-0.2, -0.15) is 0 Å². The molecule has 0 bridgehead atoms. The zero-order chi connectivity index (χ0) is 27.5. The van der Waals surface area contributed by atoms with Crippen LogP contribution in [0.25, 0.3) is 11.0 Å². The number of methoxy groups -OCH3 is 3. The first-order valence-electron chi connectivity index (χ1n) is 12.8. The molecule has 2 atom stereocenters. The third-order valence-electron chi connectivity index (χ3n) is 7.01. The molecule has 39 heavy (non-hydrogen) atoms. The van der Waals surface area contributed by atoms with Crippen molar-refractivity contribution in [3.63, 3.8) is 0 Å². The lowest BCUT2D eigenvalue weighted by molar-refractivity contribution is -0.153. The minimum atomic E-state index is -1.18. The van der Waals surface area contributed by atoms with E-state index in [4.69, 9.17) is 23.9 Å². The monoisotopic (exact) mass is 529 g/mol. The summed E-state index contributed by atoms with van der Waals surface area (Å²) in [5.74, 6) is -0.521. The van der Waals surface area contributed by atoms with Gasteiger partial charge < -0.3 is 23.5 Å². The normalized spacial score (nSPS) is 16.6. The highest BCUT2D eigenvalue weighted by Crippen LogP contribution is 2.48. The Bertz CT molecular complexity index is 1500. The first-order chi connectivity index (χ1) is 19.0. The fourth-order valence-corrected chi connectivity index (χ4v) is 5.28. The highest BCUT2D eigenvalue weighted by molar-refractivity contribution is 6.08. The maximum absolute atomic E-state index is 14.2. The number of hydrogen-bond acceptors (Lipinski definition) is 7.